The van der Waals surface area contributed by atoms with Crippen LogP contribution >= 0.6 is 0 Å². The number of nitrogens with zero attached hydrogens (tertiary/aromatic N) is 1. The van der Waals surface area contributed by atoms with E-state index in [2.05, 4.69) is 38.1 Å². The normalized spacial score (nSPS) is 27.5. The molecule has 0 fully saturated rings. The van der Waals surface area contributed by atoms with E-state index >= 15 is 0 Å². The molecule has 13 heavy (non-hydrogen) atoms. The molecule has 0 bridgehead atoms. The summed E-state index contributed by atoms with van der Waals surface area (Å²) in [6.07, 6.45) is 9.33. The van der Waals surface area contributed by atoms with Gasteiger partial charge in [0.25, 0.3) is 0 Å². The summed E-state index contributed by atoms with van der Waals surface area (Å²) in [5.41, 5.74) is 1.42. The van der Waals surface area contributed by atoms with Crippen molar-refractivity contribution in [1.29, 1.82) is 0 Å². The van der Waals surface area contributed by atoms with Crippen molar-refractivity contribution < 1.29 is 0 Å². The first-order valence-electron chi connectivity index (χ1n) is 5.55. The number of hydrogen-bond donors (Lipinski definition) is 0. The summed E-state index contributed by atoms with van der Waals surface area (Å²) in [6, 6.07) is 0.560. The maximum absolute atomic E-state index is 4.63. The Labute approximate surface area is 82.0 Å². The minimum atomic E-state index is 0.560. The van der Waals surface area contributed by atoms with Crippen LogP contribution in [0.1, 0.15) is 46.5 Å². The Kier molecular flexibility index (Phi) is 4.20. The molecule has 0 aromatic carbocycles. The molecule has 1 aliphatic rings. The average molecular weight is 179 g/mol. The Morgan fingerprint density at radius 3 is 2.62 bits per heavy atom. The van der Waals surface area contributed by atoms with E-state index in [1.807, 2.05) is 0 Å². The monoisotopic (exact) mass is 179 g/mol. The second-order valence-electron chi connectivity index (χ2n) is 3.80. The molecule has 0 aromatic heterocycles. The van der Waals surface area contributed by atoms with E-state index in [0.29, 0.717) is 12.0 Å². The Morgan fingerprint density at radius 1 is 1.31 bits per heavy atom. The molecule has 0 spiro atoms. The molecule has 0 amide bonds. The van der Waals surface area contributed by atoms with Gasteiger partial charge in [-0.15, -0.1) is 0 Å². The molecule has 1 rings (SSSR count). The highest BCUT2D eigenvalue weighted by atomic mass is 14.8. The topological polar surface area (TPSA) is 12.4 Å². The van der Waals surface area contributed by atoms with Gasteiger partial charge in [0.15, 0.2) is 0 Å². The minimum Gasteiger partial charge on any atom is -0.289 e. The Hall–Kier alpha value is -0.590. The highest BCUT2D eigenvalue weighted by Gasteiger charge is 2.18. The summed E-state index contributed by atoms with van der Waals surface area (Å²) in [5, 5.41) is 0. The Balaban J connectivity index is 2.62. The summed E-state index contributed by atoms with van der Waals surface area (Å²) in [4.78, 5) is 4.63. The van der Waals surface area contributed by atoms with Crippen LogP contribution in [0.25, 0.3) is 0 Å². The molecule has 1 heterocycles. The number of allylic oxidation sites excluding steroid dienone is 1. The van der Waals surface area contributed by atoms with Crippen molar-refractivity contribution in [2.24, 2.45) is 10.9 Å². The predicted molar refractivity (Wildman–Crippen MR) is 59.3 cm³/mol. The molecule has 2 unspecified atom stereocenters. The van der Waals surface area contributed by atoms with Crippen LogP contribution in [0, 0.1) is 5.92 Å². The van der Waals surface area contributed by atoms with Gasteiger partial charge in [-0.25, -0.2) is 0 Å². The lowest BCUT2D eigenvalue weighted by Gasteiger charge is -2.23. The van der Waals surface area contributed by atoms with Gasteiger partial charge in [0.2, 0.25) is 0 Å². The van der Waals surface area contributed by atoms with Crippen LogP contribution < -0.4 is 0 Å². The van der Waals surface area contributed by atoms with Crippen LogP contribution in [0.2, 0.25) is 0 Å². The van der Waals surface area contributed by atoms with E-state index in [0.717, 1.165) is 6.42 Å². The van der Waals surface area contributed by atoms with Crippen molar-refractivity contribution >= 4 is 6.21 Å². The summed E-state index contributed by atoms with van der Waals surface area (Å²) in [5.74, 6) is 0.694. The van der Waals surface area contributed by atoms with Gasteiger partial charge in [-0.3, -0.25) is 4.99 Å². The van der Waals surface area contributed by atoms with Crippen LogP contribution in [0.5, 0.6) is 0 Å². The molecule has 0 aromatic rings. The molecule has 0 saturated heterocycles. The molecule has 0 N–H and O–H groups in total. The Bertz CT molecular complexity index is 203. The molecule has 2 atom stereocenters. The van der Waals surface area contributed by atoms with Crippen molar-refractivity contribution in [2.75, 3.05) is 0 Å². The van der Waals surface area contributed by atoms with Crippen molar-refractivity contribution in [3.8, 4) is 0 Å². The summed E-state index contributed by atoms with van der Waals surface area (Å²) >= 11 is 0. The maximum atomic E-state index is 4.63. The third-order valence-corrected chi connectivity index (χ3v) is 2.82. The fourth-order valence-corrected chi connectivity index (χ4v) is 1.91. The largest absolute Gasteiger partial charge is 0.289 e. The smallest absolute Gasteiger partial charge is 0.0562 e. The number of rotatable bonds is 4. The lowest BCUT2D eigenvalue weighted by Crippen LogP contribution is -2.20. The first kappa shape index (κ1) is 10.5. The summed E-state index contributed by atoms with van der Waals surface area (Å²) in [7, 11) is 0. The fraction of sp³-hybridized carbons (Fsp3) is 0.750. The van der Waals surface area contributed by atoms with Crippen molar-refractivity contribution in [1.82, 2.24) is 0 Å². The van der Waals surface area contributed by atoms with Crippen LogP contribution in [-0.2, 0) is 0 Å². The molecule has 1 nitrogen and oxygen atoms in total. The number of aliphatic imine (C=N–C) groups is 1. The van der Waals surface area contributed by atoms with Crippen molar-refractivity contribution in [2.45, 2.75) is 52.5 Å². The molecule has 0 saturated carbocycles. The molecular formula is C12H21N. The second-order valence-corrected chi connectivity index (χ2v) is 3.80. The predicted octanol–water partition coefficient (Wildman–Crippen LogP) is 3.60. The van der Waals surface area contributed by atoms with Crippen LogP contribution in [0.3, 0.4) is 0 Å². The van der Waals surface area contributed by atoms with Gasteiger partial charge in [0.05, 0.1) is 6.04 Å². The van der Waals surface area contributed by atoms with Crippen LogP contribution in [0.15, 0.2) is 16.6 Å². The average Bonchev–Trinajstić information content (AvgIpc) is 2.19. The molecule has 1 aliphatic heterocycles. The van der Waals surface area contributed by atoms with E-state index < -0.39 is 0 Å². The maximum Gasteiger partial charge on any atom is 0.0562 e. The van der Waals surface area contributed by atoms with Gasteiger partial charge in [0, 0.05) is 6.21 Å². The van der Waals surface area contributed by atoms with Gasteiger partial charge in [-0.2, -0.15) is 0 Å². The van der Waals surface area contributed by atoms with Gasteiger partial charge in [0.1, 0.15) is 0 Å². The van der Waals surface area contributed by atoms with Gasteiger partial charge >= 0.3 is 0 Å². The number of dihydropyridines is 1. The van der Waals surface area contributed by atoms with Crippen molar-refractivity contribution in [3.63, 3.8) is 0 Å². The lowest BCUT2D eigenvalue weighted by molar-refractivity contribution is 0.453. The molecule has 74 valence electrons. The van der Waals surface area contributed by atoms with E-state index in [4.69, 9.17) is 0 Å². The van der Waals surface area contributed by atoms with Crippen LogP contribution in [0.4, 0.5) is 0 Å². The van der Waals surface area contributed by atoms with E-state index in [9.17, 15) is 0 Å². The highest BCUT2D eigenvalue weighted by molar-refractivity contribution is 5.79. The molecular weight excluding hydrogens is 158 g/mol. The van der Waals surface area contributed by atoms with Gasteiger partial charge < -0.3 is 0 Å². The minimum absolute atomic E-state index is 0.560. The standard InChI is InChI=1S/C12H21N/c1-4-7-12-11(6-3)8-10(5-2)9-13-12/h8-9,11-12H,4-7H2,1-3H3. The SMILES string of the molecule is CCCC1N=CC(CC)=CC1CC. The summed E-state index contributed by atoms with van der Waals surface area (Å²) in [6.45, 7) is 6.70. The van der Waals surface area contributed by atoms with Crippen LogP contribution in [-0.4, -0.2) is 12.3 Å². The lowest BCUT2D eigenvalue weighted by atomic mass is 9.89. The van der Waals surface area contributed by atoms with Gasteiger partial charge in [-0.1, -0.05) is 33.3 Å². The zero-order valence-corrected chi connectivity index (χ0v) is 9.09. The molecule has 0 aliphatic carbocycles. The van der Waals surface area contributed by atoms with E-state index in [-0.39, 0.29) is 0 Å². The Morgan fingerprint density at radius 2 is 2.08 bits per heavy atom. The zero-order valence-electron chi connectivity index (χ0n) is 9.09. The quantitative estimate of drug-likeness (QED) is 0.625. The first-order valence-corrected chi connectivity index (χ1v) is 5.55. The van der Waals surface area contributed by atoms with Crippen molar-refractivity contribution in [3.05, 3.63) is 11.6 Å². The molecule has 1 heteroatoms. The van der Waals surface area contributed by atoms with E-state index in [1.54, 1.807) is 0 Å². The summed E-state index contributed by atoms with van der Waals surface area (Å²) < 4.78 is 0. The fourth-order valence-electron chi connectivity index (χ4n) is 1.91. The van der Waals surface area contributed by atoms with E-state index in [1.165, 1.54) is 24.8 Å². The molecule has 0 radical (unpaired) electrons. The third kappa shape index (κ3) is 2.68. The second kappa shape index (κ2) is 5.21. The third-order valence-electron chi connectivity index (χ3n) is 2.82. The zero-order chi connectivity index (χ0) is 9.68. The van der Waals surface area contributed by atoms with Gasteiger partial charge in [-0.05, 0) is 30.8 Å². The highest BCUT2D eigenvalue weighted by Crippen LogP contribution is 2.24. The first-order chi connectivity index (χ1) is 6.31. The number of hydrogen-bond acceptors (Lipinski definition) is 1.